The van der Waals surface area contributed by atoms with Crippen molar-refractivity contribution in [3.8, 4) is 5.75 Å². The predicted octanol–water partition coefficient (Wildman–Crippen LogP) is 3.41. The summed E-state index contributed by atoms with van der Waals surface area (Å²) in [6, 6.07) is 8.38. The Hall–Kier alpha value is -1.69. The number of allylic oxidation sites excluding steroid dienone is 2. The lowest BCUT2D eigenvalue weighted by Gasteiger charge is -2.52. The first-order valence-corrected chi connectivity index (χ1v) is 11.4. The highest BCUT2D eigenvalue weighted by Gasteiger charge is 2.87. The summed E-state index contributed by atoms with van der Waals surface area (Å²) >= 11 is 0. The van der Waals surface area contributed by atoms with E-state index in [1.54, 1.807) is 7.11 Å². The van der Waals surface area contributed by atoms with Crippen molar-refractivity contribution >= 4 is 5.78 Å². The Morgan fingerprint density at radius 3 is 2.50 bits per heavy atom. The molecule has 0 amide bonds. The molecule has 1 aromatic carbocycles. The summed E-state index contributed by atoms with van der Waals surface area (Å²) in [5.74, 6) is 0.138. The molecule has 7 atom stereocenters. The molecule has 2 heterocycles. The third-order valence-corrected chi connectivity index (χ3v) is 9.69. The highest BCUT2D eigenvalue weighted by Crippen LogP contribution is 2.82. The van der Waals surface area contributed by atoms with Crippen molar-refractivity contribution in [2.24, 2.45) is 22.7 Å². The average molecular weight is 408 g/mol. The molecule has 158 valence electrons. The topological polar surface area (TPSA) is 57.3 Å². The molecule has 1 spiro atoms. The number of hydrogen-bond acceptors (Lipinski definition) is 5. The molecular formula is C25H28O5. The van der Waals surface area contributed by atoms with Crippen molar-refractivity contribution in [2.75, 3.05) is 20.3 Å². The molecule has 2 bridgehead atoms. The van der Waals surface area contributed by atoms with Crippen LogP contribution in [0.15, 0.2) is 36.4 Å². The summed E-state index contributed by atoms with van der Waals surface area (Å²) < 4.78 is 24.2. The van der Waals surface area contributed by atoms with Gasteiger partial charge in [-0.3, -0.25) is 4.79 Å². The van der Waals surface area contributed by atoms with Crippen LogP contribution < -0.4 is 4.74 Å². The molecule has 2 aliphatic heterocycles. The van der Waals surface area contributed by atoms with Crippen LogP contribution in [0.5, 0.6) is 5.75 Å². The second-order valence-electron chi connectivity index (χ2n) is 10.3. The highest BCUT2D eigenvalue weighted by molar-refractivity contribution is 5.93. The van der Waals surface area contributed by atoms with E-state index in [1.807, 2.05) is 12.1 Å². The standard InChI is InChI=1S/C25H28O5/c1-22-9-3-4-10-23(22)11-12-24(22,15-5-7-16(27-2)8-6-15)17-18(26)19-21(30-19)25(20(17)23)28-13-14-29-25/h5-8,11-12,17,19-21H,3-4,9-10,13-14H2,1-2H3/t17-,19-,20+,21-,22+,23-,24-/m1/s1. The lowest BCUT2D eigenvalue weighted by Crippen LogP contribution is -2.60. The molecule has 3 saturated carbocycles. The molecule has 0 aromatic heterocycles. The van der Waals surface area contributed by atoms with Gasteiger partial charge in [0.2, 0.25) is 5.79 Å². The highest BCUT2D eigenvalue weighted by atomic mass is 16.8. The summed E-state index contributed by atoms with van der Waals surface area (Å²) in [5.41, 5.74) is 0.698. The van der Waals surface area contributed by atoms with Gasteiger partial charge in [-0.25, -0.2) is 0 Å². The van der Waals surface area contributed by atoms with E-state index in [-0.39, 0.29) is 46.1 Å². The molecule has 5 heteroatoms. The second-order valence-corrected chi connectivity index (χ2v) is 10.3. The van der Waals surface area contributed by atoms with Gasteiger partial charge >= 0.3 is 0 Å². The summed E-state index contributed by atoms with van der Waals surface area (Å²) in [7, 11) is 1.69. The van der Waals surface area contributed by atoms with E-state index < -0.39 is 5.79 Å². The fourth-order valence-electron chi connectivity index (χ4n) is 8.56. The van der Waals surface area contributed by atoms with Crippen LogP contribution in [-0.4, -0.2) is 44.1 Å². The van der Waals surface area contributed by atoms with Crippen LogP contribution in [0.4, 0.5) is 0 Å². The van der Waals surface area contributed by atoms with Gasteiger partial charge in [-0.15, -0.1) is 0 Å². The zero-order valence-electron chi connectivity index (χ0n) is 17.6. The smallest absolute Gasteiger partial charge is 0.202 e. The van der Waals surface area contributed by atoms with Gasteiger partial charge in [0.25, 0.3) is 0 Å². The molecule has 1 aromatic rings. The Labute approximate surface area is 176 Å². The Morgan fingerprint density at radius 1 is 1.03 bits per heavy atom. The first-order chi connectivity index (χ1) is 14.5. The number of fused-ring (bicyclic) bond motifs is 5. The van der Waals surface area contributed by atoms with E-state index in [9.17, 15) is 4.79 Å². The van der Waals surface area contributed by atoms with Crippen molar-refractivity contribution in [3.05, 3.63) is 42.0 Å². The minimum atomic E-state index is -0.777. The average Bonchev–Trinajstić information content (AvgIpc) is 3.30. The predicted molar refractivity (Wildman–Crippen MR) is 108 cm³/mol. The van der Waals surface area contributed by atoms with Gasteiger partial charge in [0, 0.05) is 22.7 Å². The molecule has 2 saturated heterocycles. The fraction of sp³-hybridized carbons (Fsp3) is 0.640. The number of epoxide rings is 1. The molecule has 5 fully saturated rings. The maximum absolute atomic E-state index is 13.9. The summed E-state index contributed by atoms with van der Waals surface area (Å²) in [4.78, 5) is 13.9. The van der Waals surface area contributed by atoms with Crippen LogP contribution in [0.1, 0.15) is 38.2 Å². The van der Waals surface area contributed by atoms with Crippen LogP contribution >= 0.6 is 0 Å². The van der Waals surface area contributed by atoms with Crippen LogP contribution in [0.2, 0.25) is 0 Å². The summed E-state index contributed by atoms with van der Waals surface area (Å²) in [5, 5.41) is 0. The van der Waals surface area contributed by atoms with Crippen molar-refractivity contribution in [3.63, 3.8) is 0 Å². The van der Waals surface area contributed by atoms with Gasteiger partial charge in [-0.05, 0) is 36.0 Å². The normalized spacial score (nSPS) is 49.1. The lowest BCUT2D eigenvalue weighted by molar-refractivity contribution is -0.243. The molecule has 0 unspecified atom stereocenters. The first-order valence-electron chi connectivity index (χ1n) is 11.4. The number of hydrogen-bond donors (Lipinski definition) is 0. The van der Waals surface area contributed by atoms with Gasteiger partial charge in [0.05, 0.1) is 20.3 Å². The second kappa shape index (κ2) is 5.37. The lowest BCUT2D eigenvalue weighted by atomic mass is 9.52. The number of carbonyl (C=O) groups is 1. The molecule has 0 radical (unpaired) electrons. The van der Waals surface area contributed by atoms with Crippen LogP contribution in [0.25, 0.3) is 0 Å². The molecule has 4 aliphatic carbocycles. The number of methoxy groups -OCH3 is 1. The third kappa shape index (κ3) is 1.64. The Kier molecular flexibility index (Phi) is 3.21. The van der Waals surface area contributed by atoms with E-state index in [4.69, 9.17) is 18.9 Å². The first kappa shape index (κ1) is 17.9. The van der Waals surface area contributed by atoms with E-state index in [0.29, 0.717) is 13.2 Å². The van der Waals surface area contributed by atoms with Crippen molar-refractivity contribution in [1.29, 1.82) is 0 Å². The molecule has 0 N–H and O–H groups in total. The number of carbonyl (C=O) groups excluding carboxylic acids is 1. The van der Waals surface area contributed by atoms with Crippen molar-refractivity contribution in [2.45, 2.75) is 56.0 Å². The minimum Gasteiger partial charge on any atom is -0.497 e. The quantitative estimate of drug-likeness (QED) is 0.555. The van der Waals surface area contributed by atoms with E-state index in [1.165, 1.54) is 18.4 Å². The largest absolute Gasteiger partial charge is 0.497 e. The number of Topliss-reactive ketones (excluding diaryl/α,β-unsaturated/α-hetero) is 1. The maximum atomic E-state index is 13.9. The van der Waals surface area contributed by atoms with E-state index >= 15 is 0 Å². The van der Waals surface area contributed by atoms with Gasteiger partial charge in [-0.1, -0.05) is 44.1 Å². The number of ether oxygens (including phenoxy) is 4. The van der Waals surface area contributed by atoms with Crippen molar-refractivity contribution in [1.82, 2.24) is 0 Å². The Morgan fingerprint density at radius 2 is 1.77 bits per heavy atom. The van der Waals surface area contributed by atoms with Crippen LogP contribution in [0.3, 0.4) is 0 Å². The number of benzene rings is 1. The molecule has 30 heavy (non-hydrogen) atoms. The number of rotatable bonds is 2. The van der Waals surface area contributed by atoms with Gasteiger partial charge < -0.3 is 18.9 Å². The third-order valence-electron chi connectivity index (χ3n) is 9.69. The molecule has 6 aliphatic rings. The zero-order valence-corrected chi connectivity index (χ0v) is 17.6. The van der Waals surface area contributed by atoms with Gasteiger partial charge in [0.1, 0.15) is 18.0 Å². The SMILES string of the molecule is COc1ccc([C@@]23C=C[C@]4(CCCC[C@@]42C)[C@@H]2[C@H]3C(=O)[C@H]3O[C@H]3C23OCCO3)cc1. The van der Waals surface area contributed by atoms with Crippen LogP contribution in [0, 0.1) is 22.7 Å². The monoisotopic (exact) mass is 408 g/mol. The van der Waals surface area contributed by atoms with E-state index in [2.05, 4.69) is 31.2 Å². The van der Waals surface area contributed by atoms with E-state index in [0.717, 1.165) is 18.6 Å². The zero-order chi connectivity index (χ0) is 20.4. The van der Waals surface area contributed by atoms with Gasteiger partial charge in [0.15, 0.2) is 5.78 Å². The van der Waals surface area contributed by atoms with Gasteiger partial charge in [-0.2, -0.15) is 0 Å². The van der Waals surface area contributed by atoms with Crippen LogP contribution in [-0.2, 0) is 24.4 Å². The summed E-state index contributed by atoms with van der Waals surface area (Å²) in [6.07, 6.45) is 8.77. The fourth-order valence-corrected chi connectivity index (χ4v) is 8.56. The molecule has 7 rings (SSSR count). The minimum absolute atomic E-state index is 0.00107. The van der Waals surface area contributed by atoms with Crippen molar-refractivity contribution < 1.29 is 23.7 Å². The molecule has 5 nitrogen and oxygen atoms in total. The maximum Gasteiger partial charge on any atom is 0.202 e. The Bertz CT molecular complexity index is 962. The number of ketones is 1. The Balaban J connectivity index is 1.50. The summed E-state index contributed by atoms with van der Waals surface area (Å²) in [6.45, 7) is 3.59. The molecular weight excluding hydrogens is 380 g/mol.